The molecule has 0 radical (unpaired) electrons. The molecule has 0 amide bonds. The van der Waals surface area contributed by atoms with Gasteiger partial charge >= 0.3 is 0 Å². The highest BCUT2D eigenvalue weighted by Gasteiger charge is 2.06. The number of allylic oxidation sites excluding steroid dienone is 1. The minimum absolute atomic E-state index is 0.742. The summed E-state index contributed by atoms with van der Waals surface area (Å²) in [6, 6.07) is 12.7. The van der Waals surface area contributed by atoms with Crippen molar-refractivity contribution in [2.45, 2.75) is 40.0 Å². The fourth-order valence-electron chi connectivity index (χ4n) is 3.06. The quantitative estimate of drug-likeness (QED) is 0.236. The van der Waals surface area contributed by atoms with Crippen LogP contribution in [0.4, 0.5) is 5.69 Å². The summed E-state index contributed by atoms with van der Waals surface area (Å²) in [6.45, 7) is 7.83. The lowest BCUT2D eigenvalue weighted by Gasteiger charge is -2.15. The third-order valence-corrected chi connectivity index (χ3v) is 4.51. The highest BCUT2D eigenvalue weighted by atomic mass is 16.6. The molecule has 0 saturated carbocycles. The fraction of sp³-hybridized carbons (Fsp3) is 0.375. The summed E-state index contributed by atoms with van der Waals surface area (Å²) in [5.41, 5.74) is 5.87. The average Bonchev–Trinajstić information content (AvgIpc) is 2.69. The molecule has 0 heterocycles. The summed E-state index contributed by atoms with van der Waals surface area (Å²) >= 11 is 0. The molecule has 1 N–H and O–H groups in total. The van der Waals surface area contributed by atoms with Crippen LogP contribution in [0.1, 0.15) is 42.0 Å². The predicted molar refractivity (Wildman–Crippen MR) is 119 cm³/mol. The van der Waals surface area contributed by atoms with Crippen molar-refractivity contribution in [1.29, 1.82) is 0 Å². The molecule has 0 aliphatic rings. The minimum atomic E-state index is 0.742. The number of benzene rings is 2. The molecule has 28 heavy (non-hydrogen) atoms. The molecule has 0 atom stereocenters. The Bertz CT molecular complexity index is 757. The minimum Gasteiger partial charge on any atom is -0.493 e. The first-order valence-corrected chi connectivity index (χ1v) is 9.88. The number of oxime groups is 1. The van der Waals surface area contributed by atoms with Gasteiger partial charge in [0.1, 0.15) is 12.9 Å². The largest absolute Gasteiger partial charge is 0.493 e. The van der Waals surface area contributed by atoms with E-state index in [4.69, 9.17) is 9.57 Å². The van der Waals surface area contributed by atoms with Gasteiger partial charge in [-0.15, -0.1) is 0 Å². The highest BCUT2D eigenvalue weighted by molar-refractivity contribution is 5.79. The zero-order chi connectivity index (χ0) is 20.2. The van der Waals surface area contributed by atoms with Crippen LogP contribution >= 0.6 is 0 Å². The first-order chi connectivity index (χ1) is 13.6. The molecule has 2 aromatic rings. The Hall–Kier alpha value is -2.75. The molecule has 0 bridgehead atoms. The second-order valence-corrected chi connectivity index (χ2v) is 6.85. The van der Waals surface area contributed by atoms with Gasteiger partial charge in [0.2, 0.25) is 0 Å². The van der Waals surface area contributed by atoms with Crippen molar-refractivity contribution in [1.82, 2.24) is 0 Å². The summed E-state index contributed by atoms with van der Waals surface area (Å²) < 4.78 is 6.08. The van der Waals surface area contributed by atoms with E-state index in [0.717, 1.165) is 49.4 Å². The number of unbranched alkanes of at least 4 members (excludes halogenated alkanes) is 1. The number of nitrogens with zero attached hydrogens (tertiary/aromatic N) is 1. The molecular formula is C24H32N2O2. The van der Waals surface area contributed by atoms with Crippen molar-refractivity contribution in [2.24, 2.45) is 5.16 Å². The molecular weight excluding hydrogens is 348 g/mol. The number of aryl methyl sites for hydroxylation is 3. The van der Waals surface area contributed by atoms with E-state index in [1.807, 2.05) is 13.0 Å². The lowest BCUT2D eigenvalue weighted by molar-refractivity contribution is 0.215. The second kappa shape index (κ2) is 11.9. The molecule has 0 aliphatic heterocycles. The Morgan fingerprint density at radius 3 is 2.39 bits per heavy atom. The number of rotatable bonds is 11. The van der Waals surface area contributed by atoms with Crippen LogP contribution in [-0.4, -0.2) is 26.5 Å². The smallest absolute Gasteiger partial charge is 0.125 e. The molecule has 2 aromatic carbocycles. The van der Waals surface area contributed by atoms with E-state index in [1.165, 1.54) is 16.7 Å². The Morgan fingerprint density at radius 1 is 1.04 bits per heavy atom. The molecule has 0 fully saturated rings. The summed E-state index contributed by atoms with van der Waals surface area (Å²) in [4.78, 5) is 4.70. The van der Waals surface area contributed by atoms with Gasteiger partial charge < -0.3 is 14.9 Å². The van der Waals surface area contributed by atoms with Gasteiger partial charge in [-0.2, -0.15) is 0 Å². The molecule has 0 unspecified atom stereocenters. The number of hydrogen-bond donors (Lipinski definition) is 1. The lowest BCUT2D eigenvalue weighted by Crippen LogP contribution is -2.04. The molecule has 4 nitrogen and oxygen atoms in total. The van der Waals surface area contributed by atoms with Crippen LogP contribution in [0.2, 0.25) is 0 Å². The average molecular weight is 381 g/mol. The van der Waals surface area contributed by atoms with Gasteiger partial charge in [0.05, 0.1) is 12.8 Å². The fourth-order valence-corrected chi connectivity index (χ4v) is 3.06. The SMILES string of the molecule is C/C=C/CNc1cc(C)c(OCCCCc2ccc(/C=N/OC)cc2)c(C)c1. The third kappa shape index (κ3) is 7.10. The van der Waals surface area contributed by atoms with Crippen molar-refractivity contribution >= 4 is 11.9 Å². The van der Waals surface area contributed by atoms with Crippen LogP contribution in [0.3, 0.4) is 0 Å². The summed E-state index contributed by atoms with van der Waals surface area (Å²) in [5, 5.41) is 7.18. The van der Waals surface area contributed by atoms with Crippen LogP contribution in [0.15, 0.2) is 53.7 Å². The topological polar surface area (TPSA) is 42.8 Å². The maximum absolute atomic E-state index is 6.08. The van der Waals surface area contributed by atoms with E-state index in [9.17, 15) is 0 Å². The molecule has 0 saturated heterocycles. The normalized spacial score (nSPS) is 11.3. The molecule has 2 rings (SSSR count). The molecule has 0 aromatic heterocycles. The number of hydrogen-bond acceptors (Lipinski definition) is 4. The van der Waals surface area contributed by atoms with E-state index in [1.54, 1.807) is 13.3 Å². The maximum atomic E-state index is 6.08. The maximum Gasteiger partial charge on any atom is 0.125 e. The standard InChI is InChI=1S/C24H32N2O2/c1-5-6-14-25-23-16-19(2)24(20(3)17-23)28-15-8-7-9-21-10-12-22(13-11-21)18-26-27-4/h5-6,10-13,16-18,25H,7-9,14-15H2,1-4H3/b6-5+,26-18+. The highest BCUT2D eigenvalue weighted by Crippen LogP contribution is 2.27. The monoisotopic (exact) mass is 380 g/mol. The molecule has 4 heteroatoms. The van der Waals surface area contributed by atoms with Crippen molar-refractivity contribution < 1.29 is 9.57 Å². The van der Waals surface area contributed by atoms with Gasteiger partial charge in [0.15, 0.2) is 0 Å². The third-order valence-electron chi connectivity index (χ3n) is 4.51. The lowest BCUT2D eigenvalue weighted by atomic mass is 10.1. The number of nitrogens with one attached hydrogen (secondary N) is 1. The summed E-state index contributed by atoms with van der Waals surface area (Å²) in [5.74, 6) is 1.01. The van der Waals surface area contributed by atoms with Crippen molar-refractivity contribution in [3.63, 3.8) is 0 Å². The van der Waals surface area contributed by atoms with Crippen molar-refractivity contribution in [3.8, 4) is 5.75 Å². The zero-order valence-corrected chi connectivity index (χ0v) is 17.5. The van der Waals surface area contributed by atoms with Crippen LogP contribution in [0.25, 0.3) is 0 Å². The summed E-state index contributed by atoms with van der Waals surface area (Å²) in [7, 11) is 1.55. The van der Waals surface area contributed by atoms with E-state index < -0.39 is 0 Å². The van der Waals surface area contributed by atoms with Gasteiger partial charge in [-0.3, -0.25) is 0 Å². The van der Waals surface area contributed by atoms with E-state index in [0.29, 0.717) is 0 Å². The summed E-state index contributed by atoms with van der Waals surface area (Å²) in [6.07, 6.45) is 9.06. The van der Waals surface area contributed by atoms with Crippen LogP contribution in [0.5, 0.6) is 5.75 Å². The van der Waals surface area contributed by atoms with Crippen molar-refractivity contribution in [2.75, 3.05) is 25.6 Å². The van der Waals surface area contributed by atoms with Gasteiger partial charge in [-0.05, 0) is 74.4 Å². The van der Waals surface area contributed by atoms with Gasteiger partial charge in [-0.1, -0.05) is 41.6 Å². The van der Waals surface area contributed by atoms with Crippen LogP contribution in [-0.2, 0) is 11.3 Å². The number of ether oxygens (including phenoxy) is 1. The van der Waals surface area contributed by atoms with Gasteiger partial charge in [-0.25, -0.2) is 0 Å². The Kier molecular flexibility index (Phi) is 9.13. The van der Waals surface area contributed by atoms with Crippen molar-refractivity contribution in [3.05, 3.63) is 70.8 Å². The van der Waals surface area contributed by atoms with Crippen LogP contribution in [0, 0.1) is 13.8 Å². The Morgan fingerprint density at radius 2 is 1.75 bits per heavy atom. The Balaban J connectivity index is 1.76. The zero-order valence-electron chi connectivity index (χ0n) is 17.5. The predicted octanol–water partition coefficient (Wildman–Crippen LogP) is 5.67. The van der Waals surface area contributed by atoms with E-state index in [2.05, 4.69) is 66.8 Å². The first kappa shape index (κ1) is 21.5. The van der Waals surface area contributed by atoms with Gasteiger partial charge in [0.25, 0.3) is 0 Å². The second-order valence-electron chi connectivity index (χ2n) is 6.85. The first-order valence-electron chi connectivity index (χ1n) is 9.88. The Labute approximate surface area is 169 Å². The van der Waals surface area contributed by atoms with Gasteiger partial charge in [0, 0.05) is 12.2 Å². The molecule has 150 valence electrons. The molecule has 0 aliphatic carbocycles. The van der Waals surface area contributed by atoms with E-state index in [-0.39, 0.29) is 0 Å². The van der Waals surface area contributed by atoms with E-state index >= 15 is 0 Å². The number of anilines is 1. The van der Waals surface area contributed by atoms with Crippen LogP contribution < -0.4 is 10.1 Å². The molecule has 0 spiro atoms.